The fraction of sp³-hybridized carbons (Fsp3) is 0.474. The summed E-state index contributed by atoms with van der Waals surface area (Å²) in [6.45, 7) is 7.10. The third kappa shape index (κ3) is 4.41. The monoisotopic (exact) mass is 457 g/mol. The number of nitrogens with one attached hydrogen (secondary N) is 1. The van der Waals surface area contributed by atoms with E-state index in [0.717, 1.165) is 32.2 Å². The minimum absolute atomic E-state index is 0.0931. The first-order valence-electron chi connectivity index (χ1n) is 9.57. The molecule has 0 aromatic carbocycles. The van der Waals surface area contributed by atoms with E-state index in [1.165, 1.54) is 21.5 Å². The minimum atomic E-state index is -4.37. The van der Waals surface area contributed by atoms with Crippen molar-refractivity contribution in [3.05, 3.63) is 38.2 Å². The smallest absolute Gasteiger partial charge is 0.367 e. The second kappa shape index (κ2) is 8.10. The fourth-order valence-corrected chi connectivity index (χ4v) is 5.12. The zero-order valence-electron chi connectivity index (χ0n) is 16.6. The number of aliphatic imine (C=N–C) groups is 1. The van der Waals surface area contributed by atoms with E-state index < -0.39 is 17.2 Å². The van der Waals surface area contributed by atoms with Gasteiger partial charge in [0.1, 0.15) is 11.0 Å². The number of nitrogens with zero attached hydrogens (tertiary/aromatic N) is 4. The summed E-state index contributed by atoms with van der Waals surface area (Å²) in [6, 6.07) is 4.30. The predicted molar refractivity (Wildman–Crippen MR) is 113 cm³/mol. The zero-order valence-corrected chi connectivity index (χ0v) is 18.2. The van der Waals surface area contributed by atoms with E-state index in [9.17, 15) is 18.0 Å². The zero-order chi connectivity index (χ0) is 21.5. The van der Waals surface area contributed by atoms with Crippen LogP contribution < -0.4 is 10.2 Å². The van der Waals surface area contributed by atoms with Gasteiger partial charge in [0.15, 0.2) is 0 Å². The fourth-order valence-electron chi connectivity index (χ4n) is 3.54. The Morgan fingerprint density at radius 2 is 1.90 bits per heavy atom. The quantitative estimate of drug-likeness (QED) is 0.752. The topological polar surface area (TPSA) is 51.2 Å². The highest BCUT2D eigenvalue weighted by molar-refractivity contribution is 7.12. The Balaban J connectivity index is 1.38. The molecule has 2 aliphatic heterocycles. The molecule has 162 valence electrons. The van der Waals surface area contributed by atoms with Gasteiger partial charge < -0.3 is 9.80 Å². The van der Waals surface area contributed by atoms with Gasteiger partial charge in [-0.2, -0.15) is 13.2 Å². The van der Waals surface area contributed by atoms with Gasteiger partial charge in [0.05, 0.1) is 6.54 Å². The van der Waals surface area contributed by atoms with Crippen LogP contribution in [0.2, 0.25) is 0 Å². The summed E-state index contributed by atoms with van der Waals surface area (Å²) >= 11 is 2.38. The number of aryl methyl sites for hydroxylation is 1. The lowest BCUT2D eigenvalue weighted by atomic mass is 10.3. The normalized spacial score (nSPS) is 20.4. The number of piperazine rings is 1. The van der Waals surface area contributed by atoms with Crippen LogP contribution in [0.3, 0.4) is 0 Å². The van der Waals surface area contributed by atoms with Gasteiger partial charge in [-0.05, 0) is 32.0 Å². The average molecular weight is 458 g/mol. The molecule has 1 N–H and O–H groups in total. The third-order valence-electron chi connectivity index (χ3n) is 5.17. The number of anilines is 1. The van der Waals surface area contributed by atoms with Gasteiger partial charge in [0, 0.05) is 47.0 Å². The largest absolute Gasteiger partial charge is 0.425 e. The van der Waals surface area contributed by atoms with Crippen molar-refractivity contribution in [1.29, 1.82) is 0 Å². The summed E-state index contributed by atoms with van der Waals surface area (Å²) in [4.78, 5) is 24.1. The molecule has 1 atom stereocenters. The van der Waals surface area contributed by atoms with Crippen molar-refractivity contribution in [3.63, 3.8) is 0 Å². The van der Waals surface area contributed by atoms with Crippen molar-refractivity contribution in [2.45, 2.75) is 32.7 Å². The van der Waals surface area contributed by atoms with Crippen molar-refractivity contribution in [2.75, 3.05) is 31.1 Å². The van der Waals surface area contributed by atoms with Gasteiger partial charge >= 0.3 is 12.2 Å². The maximum atomic E-state index is 12.8. The van der Waals surface area contributed by atoms with E-state index in [-0.39, 0.29) is 12.6 Å². The minimum Gasteiger partial charge on any atom is -0.367 e. The van der Waals surface area contributed by atoms with Crippen LogP contribution >= 0.6 is 22.7 Å². The second-order valence-electron chi connectivity index (χ2n) is 7.30. The molecule has 0 saturated carbocycles. The molecule has 2 aromatic rings. The number of halogens is 3. The molecule has 0 bridgehead atoms. The number of alkyl halides is 3. The molecular formula is C19H22F3N5OS2. The van der Waals surface area contributed by atoms with E-state index in [0.29, 0.717) is 22.2 Å². The molecule has 2 amide bonds. The van der Waals surface area contributed by atoms with Crippen LogP contribution in [0.4, 0.5) is 23.7 Å². The average Bonchev–Trinajstić information content (AvgIpc) is 3.33. The highest BCUT2D eigenvalue weighted by Crippen LogP contribution is 2.35. The number of thiophene rings is 2. The van der Waals surface area contributed by atoms with E-state index in [1.807, 2.05) is 4.90 Å². The number of hydrogen-bond acceptors (Lipinski definition) is 6. The number of carbonyl (C=O) groups is 1. The molecule has 0 aliphatic carbocycles. The number of amides is 2. The molecule has 2 aliphatic rings. The maximum Gasteiger partial charge on any atom is 0.425 e. The van der Waals surface area contributed by atoms with Crippen LogP contribution in [0.5, 0.6) is 0 Å². The van der Waals surface area contributed by atoms with Crippen molar-refractivity contribution in [1.82, 2.24) is 15.1 Å². The summed E-state index contributed by atoms with van der Waals surface area (Å²) in [5.74, 6) is 0.534. The van der Waals surface area contributed by atoms with Crippen LogP contribution in [0.25, 0.3) is 0 Å². The molecule has 0 radical (unpaired) electrons. The van der Waals surface area contributed by atoms with Crippen molar-refractivity contribution in [2.24, 2.45) is 4.99 Å². The number of urea groups is 1. The molecule has 30 heavy (non-hydrogen) atoms. The Morgan fingerprint density at radius 3 is 2.47 bits per heavy atom. The van der Waals surface area contributed by atoms with Crippen LogP contribution in [0, 0.1) is 6.92 Å². The summed E-state index contributed by atoms with van der Waals surface area (Å²) in [6.07, 6.45) is -4.82. The summed E-state index contributed by atoms with van der Waals surface area (Å²) in [5, 5.41) is 4.96. The van der Waals surface area contributed by atoms with Crippen molar-refractivity contribution < 1.29 is 18.0 Å². The van der Waals surface area contributed by atoms with Crippen molar-refractivity contribution in [3.8, 4) is 0 Å². The molecule has 11 heteroatoms. The second-order valence-corrected chi connectivity index (χ2v) is 9.58. The Morgan fingerprint density at radius 1 is 1.20 bits per heavy atom. The number of rotatable bonds is 3. The standard InChI is InChI=1S/C19H22F3N5OS2/c1-12-9-14(11-29-12)25-5-7-26(8-6-25)17-23-13(2)27(18(28)24-17)10-15-3-4-16(30-15)19(20,21)22/h3-4,9,11,13H,5-8,10H2,1-2H3,(H,23,24,28). The van der Waals surface area contributed by atoms with Crippen LogP contribution in [-0.2, 0) is 12.7 Å². The van der Waals surface area contributed by atoms with Gasteiger partial charge in [-0.25, -0.2) is 9.79 Å². The van der Waals surface area contributed by atoms with Gasteiger partial charge in [-0.1, -0.05) is 0 Å². The Hall–Kier alpha value is -2.27. The van der Waals surface area contributed by atoms with Crippen LogP contribution in [0.1, 0.15) is 21.6 Å². The number of carbonyl (C=O) groups excluding carboxylic acids is 1. The van der Waals surface area contributed by atoms with Gasteiger partial charge in [0.2, 0.25) is 5.96 Å². The summed E-state index contributed by atoms with van der Waals surface area (Å²) in [7, 11) is 0. The number of guanidine groups is 1. The maximum absolute atomic E-state index is 12.8. The third-order valence-corrected chi connectivity index (χ3v) is 7.13. The first kappa shape index (κ1) is 21.0. The molecule has 6 nitrogen and oxygen atoms in total. The molecular weight excluding hydrogens is 435 g/mol. The summed E-state index contributed by atoms with van der Waals surface area (Å²) < 4.78 is 38.4. The molecule has 2 aromatic heterocycles. The Labute approximate surface area is 180 Å². The Kier molecular flexibility index (Phi) is 5.67. The van der Waals surface area contributed by atoms with E-state index >= 15 is 0 Å². The van der Waals surface area contributed by atoms with E-state index in [1.54, 1.807) is 18.3 Å². The first-order chi connectivity index (χ1) is 14.2. The molecule has 1 unspecified atom stereocenters. The van der Waals surface area contributed by atoms with E-state index in [4.69, 9.17) is 0 Å². The lowest BCUT2D eigenvalue weighted by Crippen LogP contribution is -2.59. The molecule has 0 spiro atoms. The SMILES string of the molecule is Cc1cc(N2CCN(C3=NC(C)N(Cc4ccc(C(F)(F)F)s4)C(=O)N3)CC2)cs1. The first-order valence-corrected chi connectivity index (χ1v) is 11.3. The van der Waals surface area contributed by atoms with Gasteiger partial charge in [0.25, 0.3) is 0 Å². The molecule has 1 saturated heterocycles. The van der Waals surface area contributed by atoms with Gasteiger partial charge in [-0.3, -0.25) is 10.2 Å². The van der Waals surface area contributed by atoms with Crippen LogP contribution in [0.15, 0.2) is 28.6 Å². The lowest BCUT2D eigenvalue weighted by molar-refractivity contribution is -0.134. The lowest BCUT2D eigenvalue weighted by Gasteiger charge is -2.40. The molecule has 4 heterocycles. The summed E-state index contributed by atoms with van der Waals surface area (Å²) in [5.41, 5.74) is 1.22. The highest BCUT2D eigenvalue weighted by Gasteiger charge is 2.34. The molecule has 1 fully saturated rings. The van der Waals surface area contributed by atoms with Crippen LogP contribution in [-0.4, -0.2) is 54.1 Å². The number of hydrogen-bond donors (Lipinski definition) is 1. The van der Waals surface area contributed by atoms with Gasteiger partial charge in [-0.15, -0.1) is 22.7 Å². The van der Waals surface area contributed by atoms with E-state index in [2.05, 4.69) is 33.6 Å². The predicted octanol–water partition coefficient (Wildman–Crippen LogP) is 4.19. The molecule has 4 rings (SSSR count). The highest BCUT2D eigenvalue weighted by atomic mass is 32.1. The Bertz CT molecular complexity index is 946. The van der Waals surface area contributed by atoms with Crippen molar-refractivity contribution >= 4 is 40.4 Å².